The van der Waals surface area contributed by atoms with Gasteiger partial charge in [-0.15, -0.1) is 0 Å². The predicted octanol–water partition coefficient (Wildman–Crippen LogP) is 18.6. The van der Waals surface area contributed by atoms with E-state index in [9.17, 15) is 19.8 Å². The van der Waals surface area contributed by atoms with Crippen molar-refractivity contribution in [3.05, 3.63) is 24.3 Å². The minimum atomic E-state index is -0.786. The molecule has 0 fully saturated rings. The number of aliphatic hydroxyl groups is 2. The Morgan fingerprint density at radius 3 is 1.16 bits per heavy atom. The van der Waals surface area contributed by atoms with Gasteiger partial charge in [-0.3, -0.25) is 9.59 Å². The Labute approximate surface area is 418 Å². The molecule has 3 atom stereocenters. The number of hydrogen-bond acceptors (Lipinski definition) is 5. The lowest BCUT2D eigenvalue weighted by Crippen LogP contribution is -2.46. The van der Waals surface area contributed by atoms with Crippen LogP contribution in [0, 0.1) is 0 Å². The fourth-order valence-corrected chi connectivity index (χ4v) is 9.46. The molecule has 0 aromatic heterocycles. The van der Waals surface area contributed by atoms with Gasteiger partial charge in [0.25, 0.3) is 0 Å². The largest absolute Gasteiger partial charge is 0.462 e. The molecule has 0 rings (SSSR count). The van der Waals surface area contributed by atoms with Gasteiger partial charge in [0.15, 0.2) is 0 Å². The lowest BCUT2D eigenvalue weighted by Gasteiger charge is -2.24. The van der Waals surface area contributed by atoms with Gasteiger partial charge in [0.1, 0.15) is 6.10 Å². The Kier molecular flexibility index (Phi) is 53.9. The number of esters is 1. The molecule has 3 unspecified atom stereocenters. The first kappa shape index (κ1) is 65.3. The summed E-state index contributed by atoms with van der Waals surface area (Å²) in [6.45, 7) is 6.51. The second kappa shape index (κ2) is 55.3. The van der Waals surface area contributed by atoms with Crippen LogP contribution in [0.25, 0.3) is 0 Å². The summed E-state index contributed by atoms with van der Waals surface area (Å²) < 4.78 is 5.97. The van der Waals surface area contributed by atoms with E-state index in [0.717, 1.165) is 57.8 Å². The highest BCUT2D eigenvalue weighted by atomic mass is 16.5. The van der Waals surface area contributed by atoms with Gasteiger partial charge in [-0.1, -0.05) is 283 Å². The Morgan fingerprint density at radius 1 is 0.433 bits per heavy atom. The van der Waals surface area contributed by atoms with E-state index in [1.807, 2.05) is 0 Å². The molecule has 1 amide bonds. The first-order valence-electron chi connectivity index (χ1n) is 30.1. The number of allylic oxidation sites excluding steroid dienone is 4. The summed E-state index contributed by atoms with van der Waals surface area (Å²) in [7, 11) is 0. The number of nitrogens with one attached hydrogen (secondary N) is 1. The second-order valence-electron chi connectivity index (χ2n) is 20.8. The van der Waals surface area contributed by atoms with Gasteiger partial charge in [-0.2, -0.15) is 0 Å². The van der Waals surface area contributed by atoms with Crippen LogP contribution in [0.3, 0.4) is 0 Å². The number of rotatable bonds is 55. The highest BCUT2D eigenvalue weighted by Crippen LogP contribution is 2.19. The van der Waals surface area contributed by atoms with Crippen molar-refractivity contribution in [3.8, 4) is 0 Å². The lowest BCUT2D eigenvalue weighted by atomic mass is 10.0. The zero-order valence-electron chi connectivity index (χ0n) is 45.3. The SMILES string of the molecule is CCCCC/C=C\C/C=C\CCCCCCCCCC(=O)OC(CCCCCCCCCCCCCCCC)CC(=O)NC(CO)C(O)CCCCCCCCCCCCCCCCCCC. The fraction of sp³-hybridized carbons (Fsp3) is 0.902. The van der Waals surface area contributed by atoms with Crippen LogP contribution in [0.4, 0.5) is 0 Å². The molecule has 6 heteroatoms. The van der Waals surface area contributed by atoms with Crippen molar-refractivity contribution in [3.63, 3.8) is 0 Å². The fourth-order valence-electron chi connectivity index (χ4n) is 9.46. The van der Waals surface area contributed by atoms with Crippen molar-refractivity contribution in [2.24, 2.45) is 0 Å². The van der Waals surface area contributed by atoms with E-state index >= 15 is 0 Å². The number of carbonyl (C=O) groups is 2. The van der Waals surface area contributed by atoms with E-state index in [-0.39, 0.29) is 24.9 Å². The summed E-state index contributed by atoms with van der Waals surface area (Å²) in [6.07, 6.45) is 65.3. The average Bonchev–Trinajstić information content (AvgIpc) is 3.32. The van der Waals surface area contributed by atoms with Crippen molar-refractivity contribution in [2.45, 2.75) is 347 Å². The molecular weight excluding hydrogens is 827 g/mol. The molecule has 6 nitrogen and oxygen atoms in total. The molecule has 0 aromatic carbocycles. The first-order valence-corrected chi connectivity index (χ1v) is 30.1. The van der Waals surface area contributed by atoms with Crippen LogP contribution in [0.1, 0.15) is 329 Å². The van der Waals surface area contributed by atoms with Gasteiger partial charge < -0.3 is 20.3 Å². The number of ether oxygens (including phenoxy) is 1. The molecule has 0 aliphatic heterocycles. The molecule has 0 aliphatic carbocycles. The first-order chi connectivity index (χ1) is 33.0. The van der Waals surface area contributed by atoms with Crippen LogP contribution in [0.15, 0.2) is 24.3 Å². The van der Waals surface area contributed by atoms with E-state index in [0.29, 0.717) is 19.3 Å². The molecule has 0 saturated carbocycles. The van der Waals surface area contributed by atoms with Crippen LogP contribution in [-0.4, -0.2) is 46.9 Å². The summed E-state index contributed by atoms with van der Waals surface area (Å²) >= 11 is 0. The number of unbranched alkanes of at least 4 members (excludes halogenated alkanes) is 39. The Balaban J connectivity index is 4.49. The standard InChI is InChI=1S/C61H117NO5/c1-4-7-10-13-16-19-22-25-28-30-32-35-38-41-44-47-50-53-59(64)58(56-63)62-60(65)55-57(52-49-46-43-40-37-34-27-24-21-18-15-12-9-6-3)67-61(66)54-51-48-45-42-39-36-33-31-29-26-23-20-17-14-11-8-5-2/h17,20,26,29,57-59,63-64H,4-16,18-19,21-25,27-28,30-56H2,1-3H3,(H,62,65)/b20-17-,29-26-. The summed E-state index contributed by atoms with van der Waals surface area (Å²) in [5.74, 6) is -0.461. The molecule has 396 valence electrons. The smallest absolute Gasteiger partial charge is 0.306 e. The van der Waals surface area contributed by atoms with E-state index < -0.39 is 18.2 Å². The third-order valence-corrected chi connectivity index (χ3v) is 14.0. The Bertz CT molecular complexity index is 1060. The molecule has 0 radical (unpaired) electrons. The van der Waals surface area contributed by atoms with Gasteiger partial charge in [-0.25, -0.2) is 0 Å². The summed E-state index contributed by atoms with van der Waals surface area (Å²) in [6, 6.07) is -0.699. The van der Waals surface area contributed by atoms with Gasteiger partial charge in [0, 0.05) is 6.42 Å². The maximum Gasteiger partial charge on any atom is 0.306 e. The van der Waals surface area contributed by atoms with E-state index in [4.69, 9.17) is 4.74 Å². The van der Waals surface area contributed by atoms with Crippen LogP contribution in [0.2, 0.25) is 0 Å². The van der Waals surface area contributed by atoms with Gasteiger partial charge in [0.05, 0.1) is 25.2 Å². The number of aliphatic hydroxyl groups excluding tert-OH is 2. The maximum atomic E-state index is 13.3. The number of carbonyl (C=O) groups excluding carboxylic acids is 2. The number of hydrogen-bond donors (Lipinski definition) is 3. The van der Waals surface area contributed by atoms with E-state index in [2.05, 4.69) is 50.4 Å². The molecule has 0 bridgehead atoms. The van der Waals surface area contributed by atoms with Gasteiger partial charge in [0.2, 0.25) is 5.91 Å². The normalized spacial score (nSPS) is 13.2. The average molecular weight is 945 g/mol. The molecule has 0 saturated heterocycles. The molecule has 3 N–H and O–H groups in total. The highest BCUT2D eigenvalue weighted by molar-refractivity contribution is 5.77. The quantitative estimate of drug-likeness (QED) is 0.0321. The summed E-state index contributed by atoms with van der Waals surface area (Å²) in [4.78, 5) is 26.3. The van der Waals surface area contributed by atoms with Crippen molar-refractivity contribution in [2.75, 3.05) is 6.61 Å². The minimum Gasteiger partial charge on any atom is -0.462 e. The predicted molar refractivity (Wildman–Crippen MR) is 292 cm³/mol. The molecule has 0 aromatic rings. The van der Waals surface area contributed by atoms with E-state index in [1.165, 1.54) is 225 Å². The molecule has 0 spiro atoms. The Morgan fingerprint density at radius 2 is 0.761 bits per heavy atom. The zero-order chi connectivity index (χ0) is 48.8. The van der Waals surface area contributed by atoms with Gasteiger partial charge in [-0.05, 0) is 57.8 Å². The molecule has 0 aliphatic rings. The third kappa shape index (κ3) is 50.5. The zero-order valence-corrected chi connectivity index (χ0v) is 45.3. The molecule has 67 heavy (non-hydrogen) atoms. The lowest BCUT2D eigenvalue weighted by molar-refractivity contribution is -0.151. The Hall–Kier alpha value is -1.66. The van der Waals surface area contributed by atoms with E-state index in [1.54, 1.807) is 0 Å². The maximum absolute atomic E-state index is 13.3. The monoisotopic (exact) mass is 944 g/mol. The van der Waals surface area contributed by atoms with Crippen molar-refractivity contribution in [1.82, 2.24) is 5.32 Å². The molecular formula is C61H117NO5. The van der Waals surface area contributed by atoms with Crippen LogP contribution in [0.5, 0.6) is 0 Å². The van der Waals surface area contributed by atoms with Crippen LogP contribution >= 0.6 is 0 Å². The van der Waals surface area contributed by atoms with Crippen molar-refractivity contribution in [1.29, 1.82) is 0 Å². The van der Waals surface area contributed by atoms with Crippen molar-refractivity contribution < 1.29 is 24.5 Å². The third-order valence-electron chi connectivity index (χ3n) is 14.0. The van der Waals surface area contributed by atoms with Crippen LogP contribution < -0.4 is 5.32 Å². The van der Waals surface area contributed by atoms with Crippen molar-refractivity contribution >= 4 is 11.9 Å². The minimum absolute atomic E-state index is 0.0808. The number of amides is 1. The second-order valence-corrected chi connectivity index (χ2v) is 20.8. The topological polar surface area (TPSA) is 95.9 Å². The highest BCUT2D eigenvalue weighted by Gasteiger charge is 2.24. The van der Waals surface area contributed by atoms with Gasteiger partial charge >= 0.3 is 5.97 Å². The summed E-state index contributed by atoms with van der Waals surface area (Å²) in [5.41, 5.74) is 0. The summed E-state index contributed by atoms with van der Waals surface area (Å²) in [5, 5.41) is 23.9. The van der Waals surface area contributed by atoms with Crippen LogP contribution in [-0.2, 0) is 14.3 Å². The molecule has 0 heterocycles.